The van der Waals surface area contributed by atoms with Crippen molar-refractivity contribution in [2.45, 2.75) is 13.8 Å². The molecule has 1 heterocycles. The summed E-state index contributed by atoms with van der Waals surface area (Å²) < 4.78 is 19.4. The lowest BCUT2D eigenvalue weighted by atomic mass is 10.1. The van der Waals surface area contributed by atoms with Gasteiger partial charge < -0.3 is 10.2 Å². The highest BCUT2D eigenvalue weighted by Crippen LogP contribution is 2.32. The SMILES string of the molecule is Cc1cc(C)c2nc(-c3ccccc3F)oc2c1N. The Morgan fingerprint density at radius 1 is 1.16 bits per heavy atom. The van der Waals surface area contributed by atoms with Crippen LogP contribution < -0.4 is 5.73 Å². The van der Waals surface area contributed by atoms with Gasteiger partial charge in [0.2, 0.25) is 5.89 Å². The molecule has 0 unspecified atom stereocenters. The van der Waals surface area contributed by atoms with Crippen LogP contribution in [0.25, 0.3) is 22.6 Å². The smallest absolute Gasteiger partial charge is 0.230 e. The topological polar surface area (TPSA) is 52.0 Å². The number of oxazole rings is 1. The van der Waals surface area contributed by atoms with Crippen molar-refractivity contribution in [2.75, 3.05) is 5.73 Å². The molecule has 0 fully saturated rings. The van der Waals surface area contributed by atoms with Crippen LogP contribution in [0.2, 0.25) is 0 Å². The summed E-state index contributed by atoms with van der Waals surface area (Å²) in [7, 11) is 0. The van der Waals surface area contributed by atoms with Gasteiger partial charge in [0.15, 0.2) is 5.58 Å². The van der Waals surface area contributed by atoms with Crippen molar-refractivity contribution < 1.29 is 8.81 Å². The van der Waals surface area contributed by atoms with E-state index in [4.69, 9.17) is 10.2 Å². The van der Waals surface area contributed by atoms with E-state index in [0.29, 0.717) is 22.4 Å². The third-order valence-electron chi connectivity index (χ3n) is 3.21. The number of aromatic nitrogens is 1. The van der Waals surface area contributed by atoms with Gasteiger partial charge in [0, 0.05) is 0 Å². The Morgan fingerprint density at radius 3 is 2.63 bits per heavy atom. The fraction of sp³-hybridized carbons (Fsp3) is 0.133. The van der Waals surface area contributed by atoms with Crippen molar-refractivity contribution in [1.82, 2.24) is 4.98 Å². The summed E-state index contributed by atoms with van der Waals surface area (Å²) in [6.45, 7) is 3.84. The molecule has 3 rings (SSSR count). The first-order chi connectivity index (χ1) is 9.08. The first-order valence-corrected chi connectivity index (χ1v) is 5.99. The zero-order valence-electron chi connectivity index (χ0n) is 10.7. The van der Waals surface area contributed by atoms with Crippen molar-refractivity contribution in [3.8, 4) is 11.5 Å². The molecule has 0 aliphatic carbocycles. The third kappa shape index (κ3) is 1.76. The van der Waals surface area contributed by atoms with Crippen molar-refractivity contribution in [3.63, 3.8) is 0 Å². The first-order valence-electron chi connectivity index (χ1n) is 5.99. The zero-order chi connectivity index (χ0) is 13.6. The van der Waals surface area contributed by atoms with E-state index < -0.39 is 0 Å². The highest BCUT2D eigenvalue weighted by atomic mass is 19.1. The summed E-state index contributed by atoms with van der Waals surface area (Å²) in [5, 5.41) is 0. The van der Waals surface area contributed by atoms with Gasteiger partial charge in [-0.2, -0.15) is 0 Å². The molecule has 0 spiro atoms. The maximum Gasteiger partial charge on any atom is 0.230 e. The zero-order valence-corrected chi connectivity index (χ0v) is 10.7. The van der Waals surface area contributed by atoms with E-state index in [-0.39, 0.29) is 11.7 Å². The molecule has 2 aromatic carbocycles. The summed E-state index contributed by atoms with van der Waals surface area (Å²) >= 11 is 0. The maximum atomic E-state index is 13.8. The molecule has 0 amide bonds. The van der Waals surface area contributed by atoms with E-state index >= 15 is 0 Å². The molecule has 0 atom stereocenters. The number of rotatable bonds is 1. The molecule has 0 saturated carbocycles. The van der Waals surface area contributed by atoms with Gasteiger partial charge in [0.25, 0.3) is 0 Å². The normalized spacial score (nSPS) is 11.1. The summed E-state index contributed by atoms with van der Waals surface area (Å²) in [6.07, 6.45) is 0. The predicted molar refractivity (Wildman–Crippen MR) is 73.3 cm³/mol. The molecule has 0 bridgehead atoms. The Labute approximate surface area is 109 Å². The number of nitrogens with zero attached hydrogens (tertiary/aromatic N) is 1. The van der Waals surface area contributed by atoms with Crippen LogP contribution in [0, 0.1) is 19.7 Å². The lowest BCUT2D eigenvalue weighted by molar-refractivity contribution is 0.594. The second kappa shape index (κ2) is 4.09. The molecule has 96 valence electrons. The number of hydrogen-bond donors (Lipinski definition) is 1. The van der Waals surface area contributed by atoms with Crippen LogP contribution in [-0.2, 0) is 0 Å². The largest absolute Gasteiger partial charge is 0.434 e. The number of benzene rings is 2. The van der Waals surface area contributed by atoms with E-state index in [1.165, 1.54) is 6.07 Å². The maximum absolute atomic E-state index is 13.8. The number of nitrogens with two attached hydrogens (primary N) is 1. The first kappa shape index (κ1) is 11.7. The number of halogens is 1. The van der Waals surface area contributed by atoms with Gasteiger partial charge in [0.1, 0.15) is 11.3 Å². The van der Waals surface area contributed by atoms with Gasteiger partial charge >= 0.3 is 0 Å². The third-order valence-corrected chi connectivity index (χ3v) is 3.21. The van der Waals surface area contributed by atoms with Gasteiger partial charge in [-0.15, -0.1) is 0 Å². The van der Waals surface area contributed by atoms with Crippen LogP contribution >= 0.6 is 0 Å². The van der Waals surface area contributed by atoms with Crippen molar-refractivity contribution >= 4 is 16.8 Å². The standard InChI is InChI=1S/C15H13FN2O/c1-8-7-9(2)13-14(12(8)17)19-15(18-13)10-5-3-4-6-11(10)16/h3-7H,17H2,1-2H3. The lowest BCUT2D eigenvalue weighted by Gasteiger charge is -2.01. The summed E-state index contributed by atoms with van der Waals surface area (Å²) in [5.41, 5.74) is 9.99. The fourth-order valence-corrected chi connectivity index (χ4v) is 2.17. The molecular formula is C15H13FN2O. The molecule has 0 saturated heterocycles. The van der Waals surface area contributed by atoms with Gasteiger partial charge in [-0.1, -0.05) is 18.2 Å². The van der Waals surface area contributed by atoms with Crippen molar-refractivity contribution in [3.05, 3.63) is 47.3 Å². The Bertz CT molecular complexity index is 777. The van der Waals surface area contributed by atoms with Crippen LogP contribution in [0.3, 0.4) is 0 Å². The minimum absolute atomic E-state index is 0.258. The minimum Gasteiger partial charge on any atom is -0.434 e. The highest BCUT2D eigenvalue weighted by molar-refractivity contribution is 5.90. The lowest BCUT2D eigenvalue weighted by Crippen LogP contribution is -1.91. The summed E-state index contributed by atoms with van der Waals surface area (Å²) in [4.78, 5) is 4.36. The molecule has 3 aromatic rings. The molecule has 19 heavy (non-hydrogen) atoms. The molecule has 4 heteroatoms. The summed E-state index contributed by atoms with van der Waals surface area (Å²) in [5.74, 6) is -0.101. The van der Waals surface area contributed by atoms with Crippen molar-refractivity contribution in [2.24, 2.45) is 0 Å². The molecule has 2 N–H and O–H groups in total. The molecule has 3 nitrogen and oxygen atoms in total. The van der Waals surface area contributed by atoms with Gasteiger partial charge in [-0.05, 0) is 37.1 Å². The number of hydrogen-bond acceptors (Lipinski definition) is 3. The van der Waals surface area contributed by atoms with Gasteiger partial charge in [0.05, 0.1) is 11.3 Å². The number of fused-ring (bicyclic) bond motifs is 1. The van der Waals surface area contributed by atoms with E-state index in [1.54, 1.807) is 18.2 Å². The predicted octanol–water partition coefficient (Wildman–Crippen LogP) is 3.83. The number of nitrogen functional groups attached to an aromatic ring is 1. The van der Waals surface area contributed by atoms with Crippen LogP contribution in [0.4, 0.5) is 10.1 Å². The Balaban J connectivity index is 2.31. The number of aryl methyl sites for hydroxylation is 2. The molecule has 0 aliphatic rings. The average molecular weight is 256 g/mol. The molecular weight excluding hydrogens is 243 g/mol. The van der Waals surface area contributed by atoms with Crippen LogP contribution in [0.1, 0.15) is 11.1 Å². The molecule has 1 aromatic heterocycles. The monoisotopic (exact) mass is 256 g/mol. The molecule has 0 aliphatic heterocycles. The van der Waals surface area contributed by atoms with Gasteiger partial charge in [-0.3, -0.25) is 0 Å². The Hall–Kier alpha value is -2.36. The van der Waals surface area contributed by atoms with E-state index in [1.807, 2.05) is 19.9 Å². The van der Waals surface area contributed by atoms with Crippen molar-refractivity contribution in [1.29, 1.82) is 0 Å². The fourth-order valence-electron chi connectivity index (χ4n) is 2.17. The Morgan fingerprint density at radius 2 is 1.89 bits per heavy atom. The van der Waals surface area contributed by atoms with E-state index in [2.05, 4.69) is 4.98 Å². The minimum atomic E-state index is -0.359. The number of anilines is 1. The second-order valence-corrected chi connectivity index (χ2v) is 4.60. The van der Waals surface area contributed by atoms with E-state index in [9.17, 15) is 4.39 Å². The van der Waals surface area contributed by atoms with Crippen LogP contribution in [0.15, 0.2) is 34.7 Å². The second-order valence-electron chi connectivity index (χ2n) is 4.60. The Kier molecular flexibility index (Phi) is 2.52. The summed E-state index contributed by atoms with van der Waals surface area (Å²) in [6, 6.07) is 8.34. The van der Waals surface area contributed by atoms with Crippen LogP contribution in [0.5, 0.6) is 0 Å². The average Bonchev–Trinajstić information content (AvgIpc) is 2.82. The highest BCUT2D eigenvalue weighted by Gasteiger charge is 2.16. The molecule has 0 radical (unpaired) electrons. The van der Waals surface area contributed by atoms with Crippen LogP contribution in [-0.4, -0.2) is 4.98 Å². The van der Waals surface area contributed by atoms with Gasteiger partial charge in [-0.25, -0.2) is 9.37 Å². The quantitative estimate of drug-likeness (QED) is 0.673. The van der Waals surface area contributed by atoms with E-state index in [0.717, 1.165) is 11.1 Å².